The molecule has 0 radical (unpaired) electrons. The molecule has 2 aromatic carbocycles. The highest BCUT2D eigenvalue weighted by Crippen LogP contribution is 2.56. The Balaban J connectivity index is 1.66. The summed E-state index contributed by atoms with van der Waals surface area (Å²) in [5, 5.41) is 0.892. The van der Waals surface area contributed by atoms with Crippen LogP contribution in [0.1, 0.15) is 38.7 Å². The monoisotopic (exact) mass is 477 g/mol. The molecule has 0 N–H and O–H groups in total. The Morgan fingerprint density at radius 2 is 1.94 bits per heavy atom. The van der Waals surface area contributed by atoms with Crippen molar-refractivity contribution in [3.8, 4) is 0 Å². The highest BCUT2D eigenvalue weighted by atomic mass is 35.5. The Labute approximate surface area is 198 Å². The maximum absolute atomic E-state index is 15.1. The normalized spacial score (nSPS) is 21.0. The predicted molar refractivity (Wildman–Crippen MR) is 129 cm³/mol. The summed E-state index contributed by atoms with van der Waals surface area (Å²) >= 11 is 13.4. The molecule has 0 aliphatic heterocycles. The van der Waals surface area contributed by atoms with Gasteiger partial charge < -0.3 is 0 Å². The SMILES string of the molecule is CC(C=C[C@]1(F)CC1c1ccc(Cl)c(Cl)c1)=CC(=O)N(CC(C)C)Sc1ccccc1. The largest absolute Gasteiger partial charge is 0.278 e. The number of hydrogen-bond donors (Lipinski definition) is 0. The third-order valence-electron chi connectivity index (χ3n) is 4.99. The Bertz CT molecular complexity index is 992. The summed E-state index contributed by atoms with van der Waals surface area (Å²) in [6.07, 6.45) is 5.20. The molecular formula is C25H26Cl2FNOS. The van der Waals surface area contributed by atoms with E-state index in [2.05, 4.69) is 13.8 Å². The molecule has 0 bridgehead atoms. The third kappa shape index (κ3) is 6.61. The number of rotatable bonds is 8. The first-order valence-electron chi connectivity index (χ1n) is 10.2. The topological polar surface area (TPSA) is 20.3 Å². The first-order valence-corrected chi connectivity index (χ1v) is 11.8. The van der Waals surface area contributed by atoms with E-state index in [4.69, 9.17) is 23.2 Å². The lowest BCUT2D eigenvalue weighted by Crippen LogP contribution is -2.26. The van der Waals surface area contributed by atoms with Crippen LogP contribution in [0.15, 0.2) is 77.2 Å². The average Bonchev–Trinajstić information content (AvgIpc) is 3.40. The van der Waals surface area contributed by atoms with Crippen molar-refractivity contribution in [2.24, 2.45) is 5.92 Å². The third-order valence-corrected chi connectivity index (χ3v) is 6.76. The Morgan fingerprint density at radius 3 is 2.58 bits per heavy atom. The number of alkyl halides is 1. The first-order chi connectivity index (χ1) is 14.7. The van der Waals surface area contributed by atoms with Crippen LogP contribution in [0.3, 0.4) is 0 Å². The summed E-state index contributed by atoms with van der Waals surface area (Å²) in [5.74, 6) is -0.0144. The number of allylic oxidation sites excluding steroid dienone is 3. The molecule has 1 saturated carbocycles. The van der Waals surface area contributed by atoms with Crippen LogP contribution >= 0.6 is 35.1 Å². The molecule has 2 atom stereocenters. The summed E-state index contributed by atoms with van der Waals surface area (Å²) < 4.78 is 16.9. The molecule has 3 rings (SSSR count). The lowest BCUT2D eigenvalue weighted by Gasteiger charge is -2.22. The van der Waals surface area contributed by atoms with Gasteiger partial charge in [-0.15, -0.1) is 0 Å². The van der Waals surface area contributed by atoms with Gasteiger partial charge in [0.25, 0.3) is 5.91 Å². The van der Waals surface area contributed by atoms with E-state index in [9.17, 15) is 4.79 Å². The fourth-order valence-electron chi connectivity index (χ4n) is 3.26. The second kappa shape index (κ2) is 10.2. The number of amides is 1. The van der Waals surface area contributed by atoms with Gasteiger partial charge >= 0.3 is 0 Å². The summed E-state index contributed by atoms with van der Waals surface area (Å²) in [5.41, 5.74) is 0.122. The van der Waals surface area contributed by atoms with Crippen LogP contribution in [0.2, 0.25) is 10.0 Å². The van der Waals surface area contributed by atoms with Crippen molar-refractivity contribution in [1.29, 1.82) is 0 Å². The van der Waals surface area contributed by atoms with Gasteiger partial charge in [0.1, 0.15) is 5.67 Å². The van der Waals surface area contributed by atoms with Gasteiger partial charge in [-0.25, -0.2) is 4.39 Å². The van der Waals surface area contributed by atoms with Crippen LogP contribution in [0, 0.1) is 5.92 Å². The molecule has 0 heterocycles. The predicted octanol–water partition coefficient (Wildman–Crippen LogP) is 7.88. The Morgan fingerprint density at radius 1 is 1.23 bits per heavy atom. The summed E-state index contributed by atoms with van der Waals surface area (Å²) in [7, 11) is 0. The zero-order chi connectivity index (χ0) is 22.6. The zero-order valence-corrected chi connectivity index (χ0v) is 20.1. The Kier molecular flexibility index (Phi) is 7.90. The van der Waals surface area contributed by atoms with Crippen molar-refractivity contribution in [2.75, 3.05) is 6.54 Å². The minimum Gasteiger partial charge on any atom is -0.278 e. The molecule has 0 spiro atoms. The lowest BCUT2D eigenvalue weighted by atomic mass is 10.1. The van der Waals surface area contributed by atoms with Crippen LogP contribution in [-0.2, 0) is 4.79 Å². The zero-order valence-electron chi connectivity index (χ0n) is 17.8. The molecule has 1 fully saturated rings. The van der Waals surface area contributed by atoms with Crippen molar-refractivity contribution < 1.29 is 9.18 Å². The highest BCUT2D eigenvalue weighted by Gasteiger charge is 2.54. The molecular weight excluding hydrogens is 452 g/mol. The molecule has 1 aliphatic rings. The summed E-state index contributed by atoms with van der Waals surface area (Å²) in [4.78, 5) is 13.9. The molecule has 2 aromatic rings. The van der Waals surface area contributed by atoms with Crippen LogP contribution < -0.4 is 0 Å². The molecule has 1 unspecified atom stereocenters. The van der Waals surface area contributed by atoms with Gasteiger partial charge in [-0.05, 0) is 72.7 Å². The molecule has 2 nitrogen and oxygen atoms in total. The van der Waals surface area contributed by atoms with E-state index in [1.165, 1.54) is 11.9 Å². The number of hydrogen-bond acceptors (Lipinski definition) is 2. The molecule has 6 heteroatoms. The van der Waals surface area contributed by atoms with Crippen molar-refractivity contribution >= 4 is 41.1 Å². The van der Waals surface area contributed by atoms with Gasteiger partial charge in [-0.1, -0.05) is 67.4 Å². The van der Waals surface area contributed by atoms with Gasteiger partial charge in [-0.2, -0.15) is 0 Å². The molecule has 164 valence electrons. The van der Waals surface area contributed by atoms with Crippen molar-refractivity contribution in [1.82, 2.24) is 4.31 Å². The number of halogens is 3. The highest BCUT2D eigenvalue weighted by molar-refractivity contribution is 7.97. The van der Waals surface area contributed by atoms with Crippen molar-refractivity contribution in [2.45, 2.75) is 43.7 Å². The van der Waals surface area contributed by atoms with Gasteiger partial charge in [0.05, 0.1) is 10.0 Å². The van der Waals surface area contributed by atoms with Crippen LogP contribution in [0.5, 0.6) is 0 Å². The molecule has 0 aromatic heterocycles. The van der Waals surface area contributed by atoms with E-state index in [0.29, 0.717) is 34.5 Å². The maximum Gasteiger partial charge on any atom is 0.256 e. The van der Waals surface area contributed by atoms with Crippen LogP contribution in [0.4, 0.5) is 4.39 Å². The van der Waals surface area contributed by atoms with E-state index in [1.807, 2.05) is 43.3 Å². The summed E-state index contributed by atoms with van der Waals surface area (Å²) in [6.45, 7) is 6.59. The minimum atomic E-state index is -1.42. The van der Waals surface area contributed by atoms with E-state index < -0.39 is 5.67 Å². The van der Waals surface area contributed by atoms with Crippen molar-refractivity contribution in [3.05, 3.63) is 87.9 Å². The molecule has 1 aliphatic carbocycles. The second-order valence-corrected chi connectivity index (χ2v) is 10.2. The fourth-order valence-corrected chi connectivity index (χ4v) is 4.61. The Hall–Kier alpha value is -1.75. The van der Waals surface area contributed by atoms with Crippen molar-refractivity contribution in [3.63, 3.8) is 0 Å². The number of carbonyl (C=O) groups is 1. The minimum absolute atomic E-state index is 0.102. The van der Waals surface area contributed by atoms with E-state index >= 15 is 4.39 Å². The number of benzene rings is 2. The van der Waals surface area contributed by atoms with Crippen LogP contribution in [-0.4, -0.2) is 22.4 Å². The fraction of sp³-hybridized carbons (Fsp3) is 0.320. The van der Waals surface area contributed by atoms with Gasteiger partial charge in [-0.3, -0.25) is 9.10 Å². The van der Waals surface area contributed by atoms with Gasteiger partial charge in [0, 0.05) is 23.4 Å². The van der Waals surface area contributed by atoms with Gasteiger partial charge in [0.2, 0.25) is 0 Å². The number of nitrogens with zero attached hydrogens (tertiary/aromatic N) is 1. The first kappa shape index (κ1) is 23.9. The van der Waals surface area contributed by atoms with E-state index in [0.717, 1.165) is 10.5 Å². The van der Waals surface area contributed by atoms with Crippen LogP contribution in [0.25, 0.3) is 0 Å². The lowest BCUT2D eigenvalue weighted by molar-refractivity contribution is -0.121. The molecule has 0 saturated heterocycles. The standard InChI is InChI=1S/C25H26Cl2FNOS/c1-17(2)16-29(31-20-7-5-4-6-8-20)24(30)13-18(3)11-12-25(28)15-21(25)19-9-10-22(26)23(27)14-19/h4-14,17,21H,15-16H2,1-3H3/t21?,25-/m0/s1. The smallest absolute Gasteiger partial charge is 0.256 e. The molecule has 31 heavy (non-hydrogen) atoms. The summed E-state index contributed by atoms with van der Waals surface area (Å²) in [6, 6.07) is 15.0. The molecule has 1 amide bonds. The quantitative estimate of drug-likeness (QED) is 0.219. The second-order valence-electron chi connectivity index (χ2n) is 8.28. The van der Waals surface area contributed by atoms with Gasteiger partial charge in [0.15, 0.2) is 0 Å². The van der Waals surface area contributed by atoms with E-state index in [1.54, 1.807) is 34.7 Å². The van der Waals surface area contributed by atoms with E-state index in [-0.39, 0.29) is 11.8 Å². The maximum atomic E-state index is 15.1. The number of carbonyl (C=O) groups excluding carboxylic acids is 1. The average molecular weight is 478 g/mol.